The number of carbonyl (C=O) groups is 2. The molecule has 0 radical (unpaired) electrons. The van der Waals surface area contributed by atoms with Crippen molar-refractivity contribution in [3.05, 3.63) is 29.8 Å². The van der Waals surface area contributed by atoms with Crippen molar-refractivity contribution in [2.75, 3.05) is 25.5 Å². The molecule has 132 valence electrons. The molecule has 1 fully saturated rings. The molecule has 0 aliphatic carbocycles. The Hall–Kier alpha value is -1.88. The Balaban J connectivity index is 1.77. The van der Waals surface area contributed by atoms with Crippen molar-refractivity contribution in [1.82, 2.24) is 5.32 Å². The Kier molecular flexibility index (Phi) is 7.25. The molecular weight excluding hydrogens is 304 g/mol. The highest BCUT2D eigenvalue weighted by atomic mass is 16.5. The van der Waals surface area contributed by atoms with Crippen LogP contribution in [0.1, 0.15) is 38.2 Å². The van der Waals surface area contributed by atoms with Crippen LogP contribution >= 0.6 is 0 Å². The summed E-state index contributed by atoms with van der Waals surface area (Å²) in [5, 5.41) is 6.37. The van der Waals surface area contributed by atoms with Gasteiger partial charge in [0.25, 0.3) is 0 Å². The number of nitrogens with one attached hydrogen (secondary N) is 2. The molecule has 1 aliphatic rings. The number of methoxy groups -OCH3 is 1. The van der Waals surface area contributed by atoms with E-state index in [-0.39, 0.29) is 11.9 Å². The molecule has 2 unspecified atom stereocenters. The average molecular weight is 332 g/mol. The van der Waals surface area contributed by atoms with Crippen LogP contribution in [0, 0.1) is 11.8 Å². The fraction of sp³-hybridized carbons (Fsp3) is 0.579. The lowest BCUT2D eigenvalue weighted by Crippen LogP contribution is -2.34. The van der Waals surface area contributed by atoms with Crippen LogP contribution < -0.4 is 10.6 Å². The highest BCUT2D eigenvalue weighted by Gasteiger charge is 2.21. The molecular formula is C19H28N2O3. The van der Waals surface area contributed by atoms with E-state index in [4.69, 9.17) is 0 Å². The van der Waals surface area contributed by atoms with E-state index < -0.39 is 0 Å². The van der Waals surface area contributed by atoms with Crippen molar-refractivity contribution in [3.8, 4) is 0 Å². The summed E-state index contributed by atoms with van der Waals surface area (Å²) in [5.41, 5.74) is 1.86. The third kappa shape index (κ3) is 5.96. The second-order valence-corrected chi connectivity index (χ2v) is 6.61. The van der Waals surface area contributed by atoms with Gasteiger partial charge in [0.05, 0.1) is 7.11 Å². The zero-order valence-corrected chi connectivity index (χ0v) is 14.6. The third-order valence-electron chi connectivity index (χ3n) is 4.73. The molecule has 1 amide bonds. The van der Waals surface area contributed by atoms with Crippen LogP contribution in [0.5, 0.6) is 0 Å². The van der Waals surface area contributed by atoms with E-state index >= 15 is 0 Å². The second-order valence-electron chi connectivity index (χ2n) is 6.61. The standard InChI is InChI=1S/C19H28N2O3/c1-14(16-4-3-11-20-13-16)12-18(22)21-17-8-5-15(6-9-17)7-10-19(23)24-2/h5-6,8-9,14,16,20H,3-4,7,10-13H2,1-2H3,(H,21,22). The molecule has 5 nitrogen and oxygen atoms in total. The van der Waals surface area contributed by atoms with Gasteiger partial charge in [-0.15, -0.1) is 0 Å². The van der Waals surface area contributed by atoms with Crippen molar-refractivity contribution in [2.24, 2.45) is 11.8 Å². The topological polar surface area (TPSA) is 67.4 Å². The van der Waals surface area contributed by atoms with Crippen LogP contribution in [0.4, 0.5) is 5.69 Å². The summed E-state index contributed by atoms with van der Waals surface area (Å²) in [4.78, 5) is 23.4. The van der Waals surface area contributed by atoms with E-state index in [1.165, 1.54) is 20.0 Å². The number of anilines is 1. The minimum Gasteiger partial charge on any atom is -0.469 e. The maximum Gasteiger partial charge on any atom is 0.305 e. The number of carbonyl (C=O) groups excluding carboxylic acids is 2. The summed E-state index contributed by atoms with van der Waals surface area (Å²) in [6, 6.07) is 7.65. The molecule has 2 rings (SSSR count). The fourth-order valence-electron chi connectivity index (χ4n) is 3.14. The van der Waals surface area contributed by atoms with E-state index in [2.05, 4.69) is 22.3 Å². The lowest BCUT2D eigenvalue weighted by Gasteiger charge is -2.28. The largest absolute Gasteiger partial charge is 0.469 e. The van der Waals surface area contributed by atoms with E-state index in [0.717, 1.165) is 24.3 Å². The predicted molar refractivity (Wildman–Crippen MR) is 94.8 cm³/mol. The highest BCUT2D eigenvalue weighted by Crippen LogP contribution is 2.23. The van der Waals surface area contributed by atoms with Gasteiger partial charge in [-0.05, 0) is 61.9 Å². The summed E-state index contributed by atoms with van der Waals surface area (Å²) in [6.07, 6.45) is 3.97. The number of rotatable bonds is 7. The lowest BCUT2D eigenvalue weighted by atomic mass is 9.85. The first-order valence-corrected chi connectivity index (χ1v) is 8.75. The second kappa shape index (κ2) is 9.42. The Labute approximate surface area is 144 Å². The third-order valence-corrected chi connectivity index (χ3v) is 4.73. The summed E-state index contributed by atoms with van der Waals surface area (Å²) in [5.74, 6) is 0.830. The molecule has 0 saturated carbocycles. The van der Waals surface area contributed by atoms with Crippen LogP contribution in [0.3, 0.4) is 0 Å². The number of hydrogen-bond donors (Lipinski definition) is 2. The molecule has 1 saturated heterocycles. The smallest absolute Gasteiger partial charge is 0.305 e. The monoisotopic (exact) mass is 332 g/mol. The number of hydrogen-bond acceptors (Lipinski definition) is 4. The zero-order valence-electron chi connectivity index (χ0n) is 14.6. The summed E-state index contributed by atoms with van der Waals surface area (Å²) < 4.78 is 4.63. The first-order chi connectivity index (χ1) is 11.6. The maximum atomic E-state index is 12.2. The van der Waals surface area contributed by atoms with Gasteiger partial charge in [0.1, 0.15) is 0 Å². The molecule has 2 N–H and O–H groups in total. The van der Waals surface area contributed by atoms with Crippen LogP contribution in [-0.2, 0) is 20.7 Å². The van der Waals surface area contributed by atoms with Crippen molar-refractivity contribution < 1.29 is 14.3 Å². The van der Waals surface area contributed by atoms with E-state index in [1.807, 2.05) is 24.3 Å². The normalized spacial score (nSPS) is 18.7. The zero-order chi connectivity index (χ0) is 17.4. The fourth-order valence-corrected chi connectivity index (χ4v) is 3.14. The quantitative estimate of drug-likeness (QED) is 0.754. The van der Waals surface area contributed by atoms with Gasteiger partial charge in [0.15, 0.2) is 0 Å². The maximum absolute atomic E-state index is 12.2. The molecule has 0 bridgehead atoms. The molecule has 1 aromatic carbocycles. The summed E-state index contributed by atoms with van der Waals surface area (Å²) in [6.45, 7) is 4.27. The first kappa shape index (κ1) is 18.5. The van der Waals surface area contributed by atoms with Crippen molar-refractivity contribution in [3.63, 3.8) is 0 Å². The molecule has 1 aliphatic heterocycles. The van der Waals surface area contributed by atoms with Gasteiger partial charge in [0, 0.05) is 18.5 Å². The van der Waals surface area contributed by atoms with Gasteiger partial charge in [-0.2, -0.15) is 0 Å². The highest BCUT2D eigenvalue weighted by molar-refractivity contribution is 5.90. The Morgan fingerprint density at radius 2 is 2.08 bits per heavy atom. The molecule has 0 aromatic heterocycles. The molecule has 1 heterocycles. The van der Waals surface area contributed by atoms with Crippen molar-refractivity contribution in [2.45, 2.75) is 39.0 Å². The van der Waals surface area contributed by atoms with E-state index in [1.54, 1.807) is 0 Å². The van der Waals surface area contributed by atoms with Crippen LogP contribution in [0.15, 0.2) is 24.3 Å². The number of amides is 1. The predicted octanol–water partition coefficient (Wildman–Crippen LogP) is 2.76. The van der Waals surface area contributed by atoms with Gasteiger partial charge in [0.2, 0.25) is 5.91 Å². The Bertz CT molecular complexity index is 536. The minimum atomic E-state index is -0.210. The Morgan fingerprint density at radius 3 is 2.71 bits per heavy atom. The molecule has 0 spiro atoms. The number of ether oxygens (including phenoxy) is 1. The molecule has 5 heteroatoms. The summed E-state index contributed by atoms with van der Waals surface area (Å²) in [7, 11) is 1.39. The van der Waals surface area contributed by atoms with Crippen LogP contribution in [0.2, 0.25) is 0 Å². The first-order valence-electron chi connectivity index (χ1n) is 8.75. The number of benzene rings is 1. The molecule has 24 heavy (non-hydrogen) atoms. The van der Waals surface area contributed by atoms with Gasteiger partial charge in [-0.1, -0.05) is 19.1 Å². The lowest BCUT2D eigenvalue weighted by molar-refractivity contribution is -0.140. The number of esters is 1. The molecule has 1 aromatic rings. The van der Waals surface area contributed by atoms with Crippen LogP contribution in [-0.4, -0.2) is 32.1 Å². The minimum absolute atomic E-state index is 0.0652. The summed E-state index contributed by atoms with van der Waals surface area (Å²) >= 11 is 0. The average Bonchev–Trinajstić information content (AvgIpc) is 2.61. The Morgan fingerprint density at radius 1 is 1.33 bits per heavy atom. The van der Waals surface area contributed by atoms with Crippen molar-refractivity contribution >= 4 is 17.6 Å². The number of aryl methyl sites for hydroxylation is 1. The van der Waals surface area contributed by atoms with Gasteiger partial charge < -0.3 is 15.4 Å². The van der Waals surface area contributed by atoms with Crippen molar-refractivity contribution in [1.29, 1.82) is 0 Å². The van der Waals surface area contributed by atoms with Gasteiger partial charge >= 0.3 is 5.97 Å². The molecule has 2 atom stereocenters. The van der Waals surface area contributed by atoms with Gasteiger partial charge in [-0.3, -0.25) is 9.59 Å². The van der Waals surface area contributed by atoms with Crippen LogP contribution in [0.25, 0.3) is 0 Å². The van der Waals surface area contributed by atoms with E-state index in [9.17, 15) is 9.59 Å². The van der Waals surface area contributed by atoms with Gasteiger partial charge in [-0.25, -0.2) is 0 Å². The number of piperidine rings is 1. The van der Waals surface area contributed by atoms with E-state index in [0.29, 0.717) is 31.1 Å². The SMILES string of the molecule is COC(=O)CCc1ccc(NC(=O)CC(C)C2CCCNC2)cc1.